The first kappa shape index (κ1) is 16.9. The molecule has 5 heteroatoms. The number of ether oxygens (including phenoxy) is 2. The molecule has 2 rings (SSSR count). The van der Waals surface area contributed by atoms with Crippen LogP contribution in [0.2, 0.25) is 5.02 Å². The van der Waals surface area contributed by atoms with E-state index in [1.165, 1.54) is 25.3 Å². The minimum atomic E-state index is -0.171. The first-order valence-corrected chi connectivity index (χ1v) is 7.44. The molecule has 0 spiro atoms. The smallest absolute Gasteiger partial charge is 0.185 e. The van der Waals surface area contributed by atoms with E-state index in [2.05, 4.69) is 0 Å². The topological polar surface area (TPSA) is 55.8 Å². The number of ketones is 1. The molecule has 0 aliphatic carbocycles. The lowest BCUT2D eigenvalue weighted by Crippen LogP contribution is -1.97. The molecule has 23 heavy (non-hydrogen) atoms. The lowest BCUT2D eigenvalue weighted by Gasteiger charge is -2.11. The predicted molar refractivity (Wildman–Crippen MR) is 90.6 cm³/mol. The molecular formula is C18H17ClO4. The molecule has 0 aromatic heterocycles. The number of hydrogen-bond acceptors (Lipinski definition) is 4. The molecule has 0 aliphatic heterocycles. The molecule has 0 atom stereocenters. The van der Waals surface area contributed by atoms with E-state index in [1.54, 1.807) is 30.3 Å². The summed E-state index contributed by atoms with van der Waals surface area (Å²) in [6.45, 7) is 2.34. The van der Waals surface area contributed by atoms with Gasteiger partial charge in [-0.2, -0.15) is 0 Å². The van der Waals surface area contributed by atoms with Crippen LogP contribution in [0.4, 0.5) is 0 Å². The van der Waals surface area contributed by atoms with Crippen molar-refractivity contribution in [1.82, 2.24) is 0 Å². The number of rotatable bonds is 6. The fraction of sp³-hybridized carbons (Fsp3) is 0.167. The molecule has 0 radical (unpaired) electrons. The van der Waals surface area contributed by atoms with Crippen molar-refractivity contribution >= 4 is 23.5 Å². The van der Waals surface area contributed by atoms with E-state index in [9.17, 15) is 9.90 Å². The van der Waals surface area contributed by atoms with Crippen LogP contribution in [0.15, 0.2) is 42.5 Å². The number of aromatic hydroxyl groups is 1. The van der Waals surface area contributed by atoms with E-state index >= 15 is 0 Å². The monoisotopic (exact) mass is 332 g/mol. The fourth-order valence-corrected chi connectivity index (χ4v) is 2.34. The SMILES string of the molecule is CCOc1cc(/C=C/C(=O)c2ccc(O)cc2)cc(Cl)c1OC. The summed E-state index contributed by atoms with van der Waals surface area (Å²) in [5, 5.41) is 9.65. The second kappa shape index (κ2) is 7.70. The summed E-state index contributed by atoms with van der Waals surface area (Å²) < 4.78 is 10.7. The van der Waals surface area contributed by atoms with Gasteiger partial charge in [0.25, 0.3) is 0 Å². The van der Waals surface area contributed by atoms with E-state index in [-0.39, 0.29) is 11.5 Å². The normalized spacial score (nSPS) is 10.7. The Morgan fingerprint density at radius 3 is 2.57 bits per heavy atom. The van der Waals surface area contributed by atoms with Crippen LogP contribution in [-0.2, 0) is 0 Å². The van der Waals surface area contributed by atoms with Crippen LogP contribution in [0.1, 0.15) is 22.8 Å². The van der Waals surface area contributed by atoms with Crippen molar-refractivity contribution in [2.24, 2.45) is 0 Å². The van der Waals surface area contributed by atoms with Crippen molar-refractivity contribution in [3.8, 4) is 17.2 Å². The summed E-state index contributed by atoms with van der Waals surface area (Å²) in [4.78, 5) is 12.1. The van der Waals surface area contributed by atoms with Gasteiger partial charge in [0.05, 0.1) is 18.7 Å². The number of methoxy groups -OCH3 is 1. The van der Waals surface area contributed by atoms with Crippen molar-refractivity contribution < 1.29 is 19.4 Å². The average molecular weight is 333 g/mol. The van der Waals surface area contributed by atoms with Gasteiger partial charge in [0.15, 0.2) is 17.3 Å². The molecule has 0 saturated heterocycles. The Balaban J connectivity index is 2.25. The molecule has 0 bridgehead atoms. The Morgan fingerprint density at radius 1 is 1.26 bits per heavy atom. The third-order valence-electron chi connectivity index (χ3n) is 3.11. The van der Waals surface area contributed by atoms with Crippen LogP contribution in [-0.4, -0.2) is 24.6 Å². The highest BCUT2D eigenvalue weighted by Crippen LogP contribution is 2.36. The predicted octanol–water partition coefficient (Wildman–Crippen LogP) is 4.35. The first-order valence-electron chi connectivity index (χ1n) is 7.07. The third kappa shape index (κ3) is 4.27. The van der Waals surface area contributed by atoms with E-state index in [4.69, 9.17) is 21.1 Å². The minimum Gasteiger partial charge on any atom is -0.508 e. The largest absolute Gasteiger partial charge is 0.508 e. The maximum Gasteiger partial charge on any atom is 0.185 e. The number of halogens is 1. The van der Waals surface area contributed by atoms with Gasteiger partial charge in [-0.25, -0.2) is 0 Å². The number of benzene rings is 2. The van der Waals surface area contributed by atoms with E-state index in [0.717, 1.165) is 5.56 Å². The van der Waals surface area contributed by atoms with Crippen LogP contribution in [0.25, 0.3) is 6.08 Å². The summed E-state index contributed by atoms with van der Waals surface area (Å²) >= 11 is 6.17. The molecule has 0 saturated carbocycles. The molecule has 120 valence electrons. The number of phenolic OH excluding ortho intramolecular Hbond substituents is 1. The maximum atomic E-state index is 12.1. The van der Waals surface area contributed by atoms with Gasteiger partial charge in [0.1, 0.15) is 5.75 Å². The van der Waals surface area contributed by atoms with Crippen LogP contribution < -0.4 is 9.47 Å². The zero-order valence-electron chi connectivity index (χ0n) is 12.9. The van der Waals surface area contributed by atoms with Gasteiger partial charge in [-0.3, -0.25) is 4.79 Å². The zero-order chi connectivity index (χ0) is 16.8. The van der Waals surface area contributed by atoms with Crippen LogP contribution >= 0.6 is 11.6 Å². The third-order valence-corrected chi connectivity index (χ3v) is 3.40. The molecule has 1 N–H and O–H groups in total. The van der Waals surface area contributed by atoms with Gasteiger partial charge >= 0.3 is 0 Å². The van der Waals surface area contributed by atoms with Crippen molar-refractivity contribution in [3.05, 3.63) is 58.6 Å². The van der Waals surface area contributed by atoms with E-state index < -0.39 is 0 Å². The summed E-state index contributed by atoms with van der Waals surface area (Å²) in [6, 6.07) is 9.53. The summed E-state index contributed by atoms with van der Waals surface area (Å²) in [5.74, 6) is 0.943. The number of hydrogen-bond donors (Lipinski definition) is 1. The van der Waals surface area contributed by atoms with Crippen LogP contribution in [0.5, 0.6) is 17.2 Å². The number of allylic oxidation sites excluding steroid dienone is 1. The average Bonchev–Trinajstić information content (AvgIpc) is 2.53. The standard InChI is InChI=1S/C18H17ClO4/c1-3-23-17-11-12(10-15(19)18(17)22-2)4-9-16(21)13-5-7-14(20)8-6-13/h4-11,20H,3H2,1-2H3/b9-4+. The molecule has 0 amide bonds. The molecule has 0 unspecified atom stereocenters. The molecule has 0 fully saturated rings. The lowest BCUT2D eigenvalue weighted by atomic mass is 10.1. The van der Waals surface area contributed by atoms with Crippen molar-refractivity contribution in [2.45, 2.75) is 6.92 Å². The molecular weight excluding hydrogens is 316 g/mol. The minimum absolute atomic E-state index is 0.119. The molecule has 2 aromatic rings. The van der Waals surface area contributed by atoms with Gasteiger partial charge in [0.2, 0.25) is 0 Å². The van der Waals surface area contributed by atoms with Gasteiger partial charge in [0, 0.05) is 5.56 Å². The maximum absolute atomic E-state index is 12.1. The van der Waals surface area contributed by atoms with Gasteiger partial charge < -0.3 is 14.6 Å². The first-order chi connectivity index (χ1) is 11.0. The molecule has 2 aromatic carbocycles. The highest BCUT2D eigenvalue weighted by molar-refractivity contribution is 6.32. The number of carbonyl (C=O) groups is 1. The Kier molecular flexibility index (Phi) is 5.66. The zero-order valence-corrected chi connectivity index (χ0v) is 13.6. The van der Waals surface area contributed by atoms with Gasteiger partial charge in [-0.1, -0.05) is 17.7 Å². The van der Waals surface area contributed by atoms with Crippen molar-refractivity contribution in [2.75, 3.05) is 13.7 Å². The number of phenols is 1. The highest BCUT2D eigenvalue weighted by atomic mass is 35.5. The Morgan fingerprint density at radius 2 is 1.96 bits per heavy atom. The molecule has 4 nitrogen and oxygen atoms in total. The second-order valence-corrected chi connectivity index (χ2v) is 5.12. The fourth-order valence-electron chi connectivity index (χ4n) is 2.04. The van der Waals surface area contributed by atoms with E-state index in [1.807, 2.05) is 6.92 Å². The summed E-state index contributed by atoms with van der Waals surface area (Å²) in [5.41, 5.74) is 1.22. The Hall–Kier alpha value is -2.46. The summed E-state index contributed by atoms with van der Waals surface area (Å²) in [6.07, 6.45) is 3.10. The molecule has 0 heterocycles. The highest BCUT2D eigenvalue weighted by Gasteiger charge is 2.10. The van der Waals surface area contributed by atoms with E-state index in [0.29, 0.717) is 28.7 Å². The Labute approximate surface area is 139 Å². The van der Waals surface area contributed by atoms with Gasteiger partial charge in [-0.05, 0) is 55.0 Å². The lowest BCUT2D eigenvalue weighted by molar-refractivity contribution is 0.104. The van der Waals surface area contributed by atoms with Crippen molar-refractivity contribution in [1.29, 1.82) is 0 Å². The summed E-state index contributed by atoms with van der Waals surface area (Å²) in [7, 11) is 1.52. The molecule has 0 aliphatic rings. The second-order valence-electron chi connectivity index (χ2n) is 4.71. The van der Waals surface area contributed by atoms with Crippen molar-refractivity contribution in [3.63, 3.8) is 0 Å². The van der Waals surface area contributed by atoms with Gasteiger partial charge in [-0.15, -0.1) is 0 Å². The Bertz CT molecular complexity index is 721. The number of carbonyl (C=O) groups excluding carboxylic acids is 1. The van der Waals surface area contributed by atoms with Crippen LogP contribution in [0.3, 0.4) is 0 Å². The van der Waals surface area contributed by atoms with Crippen LogP contribution in [0, 0.1) is 0 Å². The quantitative estimate of drug-likeness (QED) is 0.631.